The van der Waals surface area contributed by atoms with Crippen LogP contribution in [0, 0.1) is 5.92 Å². The molecule has 1 aromatic carbocycles. The zero-order chi connectivity index (χ0) is 16.2. The minimum Gasteiger partial charge on any atom is -0.343 e. The normalized spacial score (nSPS) is 17.5. The Labute approximate surface area is 133 Å². The van der Waals surface area contributed by atoms with E-state index in [0.29, 0.717) is 25.3 Å². The molecule has 0 spiro atoms. The molecule has 120 valence electrons. The molecule has 1 saturated heterocycles. The van der Waals surface area contributed by atoms with Gasteiger partial charge in [0.1, 0.15) is 5.92 Å². The average molecular weight is 314 g/mol. The molecule has 1 fully saturated rings. The summed E-state index contributed by atoms with van der Waals surface area (Å²) in [7, 11) is 1.64. The van der Waals surface area contributed by atoms with E-state index in [4.69, 9.17) is 0 Å². The van der Waals surface area contributed by atoms with Crippen LogP contribution in [-0.4, -0.2) is 45.3 Å². The van der Waals surface area contributed by atoms with Crippen molar-refractivity contribution in [2.24, 2.45) is 5.92 Å². The summed E-state index contributed by atoms with van der Waals surface area (Å²) in [5.41, 5.74) is 1.06. The van der Waals surface area contributed by atoms with Gasteiger partial charge in [0.2, 0.25) is 18.2 Å². The smallest absolute Gasteiger partial charge is 0.235 e. The summed E-state index contributed by atoms with van der Waals surface area (Å²) >= 11 is 0. The summed E-state index contributed by atoms with van der Waals surface area (Å²) in [5, 5.41) is 3.68. The molecule has 23 heavy (non-hydrogen) atoms. The molecule has 2 aromatic rings. The van der Waals surface area contributed by atoms with Gasteiger partial charge in [0.15, 0.2) is 5.82 Å². The highest BCUT2D eigenvalue weighted by molar-refractivity contribution is 6.01. The van der Waals surface area contributed by atoms with Crippen LogP contribution < -0.4 is 0 Å². The van der Waals surface area contributed by atoms with Crippen molar-refractivity contribution in [3.63, 3.8) is 0 Å². The van der Waals surface area contributed by atoms with Gasteiger partial charge in [0.25, 0.3) is 0 Å². The van der Waals surface area contributed by atoms with Gasteiger partial charge in [-0.25, -0.2) is 0 Å². The van der Waals surface area contributed by atoms with Gasteiger partial charge < -0.3 is 14.3 Å². The quantitative estimate of drug-likeness (QED) is 0.772. The molecule has 1 unspecified atom stereocenters. The SMILES string of the molecule is CN(Cc1ncon1)C(=O)C1CCN(Cc2ccccc2)C1=O. The second kappa shape index (κ2) is 6.60. The van der Waals surface area contributed by atoms with E-state index in [1.165, 1.54) is 11.3 Å². The Bertz CT molecular complexity index is 672. The number of nitrogens with zero attached hydrogens (tertiary/aromatic N) is 4. The summed E-state index contributed by atoms with van der Waals surface area (Å²) in [5.74, 6) is -0.503. The second-order valence-electron chi connectivity index (χ2n) is 5.63. The number of aromatic nitrogens is 2. The van der Waals surface area contributed by atoms with Crippen molar-refractivity contribution < 1.29 is 14.1 Å². The lowest BCUT2D eigenvalue weighted by Gasteiger charge is -2.20. The number of carbonyl (C=O) groups is 2. The number of hydrogen-bond donors (Lipinski definition) is 0. The minimum atomic E-state index is -0.615. The highest BCUT2D eigenvalue weighted by Gasteiger charge is 2.38. The van der Waals surface area contributed by atoms with Gasteiger partial charge in [0, 0.05) is 20.1 Å². The molecular formula is C16H18N4O3. The summed E-state index contributed by atoms with van der Waals surface area (Å²) in [4.78, 5) is 32.1. The Balaban J connectivity index is 1.60. The molecule has 0 saturated carbocycles. The Kier molecular flexibility index (Phi) is 4.36. The third-order valence-corrected chi connectivity index (χ3v) is 3.97. The molecule has 1 atom stereocenters. The van der Waals surface area contributed by atoms with Crippen molar-refractivity contribution in [1.29, 1.82) is 0 Å². The average Bonchev–Trinajstić information content (AvgIpc) is 3.19. The second-order valence-corrected chi connectivity index (χ2v) is 5.63. The Morgan fingerprint density at radius 1 is 1.39 bits per heavy atom. The van der Waals surface area contributed by atoms with E-state index in [0.717, 1.165) is 5.56 Å². The number of likely N-dealkylation sites (tertiary alicyclic amines) is 1. The topological polar surface area (TPSA) is 79.5 Å². The zero-order valence-electron chi connectivity index (χ0n) is 12.9. The van der Waals surface area contributed by atoms with Crippen molar-refractivity contribution in [2.75, 3.05) is 13.6 Å². The van der Waals surface area contributed by atoms with E-state index < -0.39 is 5.92 Å². The van der Waals surface area contributed by atoms with Gasteiger partial charge in [-0.3, -0.25) is 9.59 Å². The van der Waals surface area contributed by atoms with Crippen LogP contribution in [0.4, 0.5) is 0 Å². The van der Waals surface area contributed by atoms with Crippen molar-refractivity contribution in [3.05, 3.63) is 48.1 Å². The first-order valence-corrected chi connectivity index (χ1v) is 7.48. The van der Waals surface area contributed by atoms with Gasteiger partial charge >= 0.3 is 0 Å². The molecule has 1 aliphatic rings. The van der Waals surface area contributed by atoms with Gasteiger partial charge in [-0.05, 0) is 12.0 Å². The highest BCUT2D eigenvalue weighted by atomic mass is 16.5. The maximum atomic E-state index is 12.5. The number of benzene rings is 1. The molecule has 7 nitrogen and oxygen atoms in total. The van der Waals surface area contributed by atoms with Gasteiger partial charge in [-0.2, -0.15) is 4.98 Å². The summed E-state index contributed by atoms with van der Waals surface area (Å²) in [6.45, 7) is 1.37. The van der Waals surface area contributed by atoms with Crippen LogP contribution in [0.1, 0.15) is 17.8 Å². The predicted molar refractivity (Wildman–Crippen MR) is 80.7 cm³/mol. The maximum absolute atomic E-state index is 12.5. The minimum absolute atomic E-state index is 0.112. The van der Waals surface area contributed by atoms with E-state index in [1.807, 2.05) is 30.3 Å². The number of carbonyl (C=O) groups excluding carboxylic acids is 2. The number of rotatable bonds is 5. The molecule has 0 N–H and O–H groups in total. The maximum Gasteiger partial charge on any atom is 0.235 e. The fourth-order valence-electron chi connectivity index (χ4n) is 2.75. The standard InChI is InChI=1S/C16H18N4O3/c1-19(10-14-17-11-23-18-14)15(21)13-7-8-20(16(13)22)9-12-5-3-2-4-6-12/h2-6,11,13H,7-10H2,1H3. The lowest BCUT2D eigenvalue weighted by Crippen LogP contribution is -2.37. The van der Waals surface area contributed by atoms with E-state index in [2.05, 4.69) is 14.7 Å². The summed E-state index contributed by atoms with van der Waals surface area (Å²) in [6, 6.07) is 9.78. The molecule has 0 radical (unpaired) electrons. The van der Waals surface area contributed by atoms with Crippen LogP contribution in [0.15, 0.2) is 41.2 Å². The Hall–Kier alpha value is -2.70. The Morgan fingerprint density at radius 3 is 2.87 bits per heavy atom. The monoisotopic (exact) mass is 314 g/mol. The van der Waals surface area contributed by atoms with Crippen LogP contribution in [0.3, 0.4) is 0 Å². The predicted octanol–water partition coefficient (Wildman–Crippen LogP) is 1.08. The molecule has 0 bridgehead atoms. The first-order chi connectivity index (χ1) is 11.1. The van der Waals surface area contributed by atoms with Gasteiger partial charge in [0.05, 0.1) is 6.54 Å². The third kappa shape index (κ3) is 3.39. The molecule has 3 rings (SSSR count). The van der Waals surface area contributed by atoms with Crippen LogP contribution in [0.5, 0.6) is 0 Å². The molecule has 1 aromatic heterocycles. The van der Waals surface area contributed by atoms with Crippen LogP contribution >= 0.6 is 0 Å². The fourth-order valence-corrected chi connectivity index (χ4v) is 2.75. The van der Waals surface area contributed by atoms with E-state index in [-0.39, 0.29) is 18.4 Å². The summed E-state index contributed by atoms with van der Waals surface area (Å²) < 4.78 is 4.65. The largest absolute Gasteiger partial charge is 0.343 e. The van der Waals surface area contributed by atoms with E-state index in [9.17, 15) is 9.59 Å². The van der Waals surface area contributed by atoms with Gasteiger partial charge in [-0.15, -0.1) is 0 Å². The highest BCUT2D eigenvalue weighted by Crippen LogP contribution is 2.22. The van der Waals surface area contributed by atoms with Crippen molar-refractivity contribution in [2.45, 2.75) is 19.5 Å². The van der Waals surface area contributed by atoms with Crippen molar-refractivity contribution in [1.82, 2.24) is 19.9 Å². The Morgan fingerprint density at radius 2 is 2.17 bits per heavy atom. The fraction of sp³-hybridized carbons (Fsp3) is 0.375. The first kappa shape index (κ1) is 15.2. The molecular weight excluding hydrogens is 296 g/mol. The van der Waals surface area contributed by atoms with E-state index in [1.54, 1.807) is 11.9 Å². The van der Waals surface area contributed by atoms with Crippen LogP contribution in [0.25, 0.3) is 0 Å². The molecule has 7 heteroatoms. The van der Waals surface area contributed by atoms with Crippen molar-refractivity contribution in [3.8, 4) is 0 Å². The molecule has 1 aliphatic heterocycles. The molecule has 0 aliphatic carbocycles. The van der Waals surface area contributed by atoms with Crippen LogP contribution in [-0.2, 0) is 22.7 Å². The lowest BCUT2D eigenvalue weighted by molar-refractivity contribution is -0.143. The van der Waals surface area contributed by atoms with E-state index >= 15 is 0 Å². The molecule has 2 amide bonds. The van der Waals surface area contributed by atoms with Crippen LogP contribution in [0.2, 0.25) is 0 Å². The summed E-state index contributed by atoms with van der Waals surface area (Å²) in [6.07, 6.45) is 1.76. The van der Waals surface area contributed by atoms with Crippen molar-refractivity contribution >= 4 is 11.8 Å². The first-order valence-electron chi connectivity index (χ1n) is 7.48. The number of hydrogen-bond acceptors (Lipinski definition) is 5. The lowest BCUT2D eigenvalue weighted by atomic mass is 10.1. The zero-order valence-corrected chi connectivity index (χ0v) is 12.9. The molecule has 2 heterocycles. The third-order valence-electron chi connectivity index (χ3n) is 3.97. The van der Waals surface area contributed by atoms with Gasteiger partial charge in [-0.1, -0.05) is 35.5 Å². The number of amides is 2.